The minimum atomic E-state index is -4.28. The van der Waals surface area contributed by atoms with Crippen LogP contribution >= 0.6 is 11.3 Å². The van der Waals surface area contributed by atoms with Crippen LogP contribution in [0, 0.1) is 0 Å². The first-order chi connectivity index (χ1) is 16.3. The fourth-order valence-corrected chi connectivity index (χ4v) is 6.32. The van der Waals surface area contributed by atoms with E-state index in [1.54, 1.807) is 30.3 Å². The van der Waals surface area contributed by atoms with Crippen LogP contribution in [0.25, 0.3) is 0 Å². The van der Waals surface area contributed by atoms with E-state index in [1.165, 1.54) is 42.9 Å². The zero-order chi connectivity index (χ0) is 24.5. The average molecular weight is 504 g/mol. The van der Waals surface area contributed by atoms with E-state index in [0.29, 0.717) is 17.0 Å². The Labute approximate surface area is 199 Å². The van der Waals surface area contributed by atoms with E-state index >= 15 is 0 Å². The Kier molecular flexibility index (Phi) is 6.68. The number of anilines is 1. The number of fused-ring (bicyclic) bond motifs is 1. The van der Waals surface area contributed by atoms with Crippen LogP contribution in [0.15, 0.2) is 65.6 Å². The van der Waals surface area contributed by atoms with Crippen molar-refractivity contribution >= 4 is 38.9 Å². The van der Waals surface area contributed by atoms with Gasteiger partial charge in [-0.15, -0.1) is 11.3 Å². The van der Waals surface area contributed by atoms with E-state index in [9.17, 15) is 28.3 Å². The van der Waals surface area contributed by atoms with Gasteiger partial charge in [-0.2, -0.15) is 4.31 Å². The number of sulfonamides is 1. The van der Waals surface area contributed by atoms with Crippen molar-refractivity contribution in [3.05, 3.63) is 76.0 Å². The highest BCUT2D eigenvalue weighted by Crippen LogP contribution is 2.40. The number of methoxy groups -OCH3 is 1. The Morgan fingerprint density at radius 2 is 1.79 bits per heavy atom. The second-order valence-corrected chi connectivity index (χ2v) is 10.4. The molecule has 34 heavy (non-hydrogen) atoms. The van der Waals surface area contributed by atoms with E-state index in [4.69, 9.17) is 4.74 Å². The first-order valence-corrected chi connectivity index (χ1v) is 12.3. The fourth-order valence-electron chi connectivity index (χ4n) is 3.67. The van der Waals surface area contributed by atoms with E-state index in [1.807, 2.05) is 0 Å². The number of amides is 2. The minimum absolute atomic E-state index is 0.128. The number of aliphatic hydroxyl groups is 1. The van der Waals surface area contributed by atoms with E-state index in [0.717, 1.165) is 15.6 Å². The second kappa shape index (κ2) is 9.52. The van der Waals surface area contributed by atoms with Gasteiger partial charge in [0.15, 0.2) is 0 Å². The van der Waals surface area contributed by atoms with Crippen molar-refractivity contribution in [3.8, 4) is 5.75 Å². The molecule has 10 nitrogen and oxygen atoms in total. The fraction of sp³-hybridized carbons (Fsp3) is 0.182. The zero-order valence-corrected chi connectivity index (χ0v) is 19.5. The molecule has 4 N–H and O–H groups in total. The standard InChI is InChI=1S/C22H21N3O7S2/c1-32-15-7-9-16(10-8-15)34(30,31)25-12-13-11-17(21(27)23-14-5-3-2-4-6-14)33-20(13)19(26)18(25)22(28)24-29/h2-11,18-19,26,29H,12H2,1H3,(H,23,27)(H,24,28). The molecular weight excluding hydrogens is 482 g/mol. The number of nitrogens with zero attached hydrogens (tertiary/aromatic N) is 1. The first-order valence-electron chi connectivity index (χ1n) is 10.0. The van der Waals surface area contributed by atoms with E-state index < -0.39 is 34.0 Å². The number of hydrogen-bond donors (Lipinski definition) is 4. The van der Waals surface area contributed by atoms with E-state index in [-0.39, 0.29) is 21.2 Å². The van der Waals surface area contributed by atoms with Crippen LogP contribution in [0.3, 0.4) is 0 Å². The van der Waals surface area contributed by atoms with Crippen LogP contribution in [0.5, 0.6) is 5.75 Å². The molecule has 1 aliphatic heterocycles. The Morgan fingerprint density at radius 1 is 1.12 bits per heavy atom. The molecule has 2 heterocycles. The summed E-state index contributed by atoms with van der Waals surface area (Å²) in [6, 6.07) is 14.1. The predicted molar refractivity (Wildman–Crippen MR) is 123 cm³/mol. The summed E-state index contributed by atoms with van der Waals surface area (Å²) in [5.74, 6) is -1.10. The largest absolute Gasteiger partial charge is 0.497 e. The first kappa shape index (κ1) is 23.9. The Bertz CT molecular complexity index is 1310. The van der Waals surface area contributed by atoms with Gasteiger partial charge in [0.1, 0.15) is 17.9 Å². The van der Waals surface area contributed by atoms with Crippen molar-refractivity contribution < 1.29 is 33.1 Å². The quantitative estimate of drug-likeness (QED) is 0.298. The monoisotopic (exact) mass is 503 g/mol. The van der Waals surface area contributed by atoms with Gasteiger partial charge in [-0.3, -0.25) is 14.8 Å². The molecule has 12 heteroatoms. The smallest absolute Gasteiger partial charge is 0.265 e. The molecule has 0 saturated heterocycles. The lowest BCUT2D eigenvalue weighted by Gasteiger charge is -2.36. The molecule has 0 aliphatic carbocycles. The Hall–Kier alpha value is -3.29. The van der Waals surface area contributed by atoms with Gasteiger partial charge in [0, 0.05) is 17.1 Å². The molecule has 2 aromatic carbocycles. The van der Waals surface area contributed by atoms with Gasteiger partial charge in [0.05, 0.1) is 16.9 Å². The molecule has 0 spiro atoms. The molecule has 0 bridgehead atoms. The highest BCUT2D eigenvalue weighted by atomic mass is 32.2. The molecule has 0 radical (unpaired) electrons. The van der Waals surface area contributed by atoms with Crippen molar-refractivity contribution in [1.82, 2.24) is 9.79 Å². The summed E-state index contributed by atoms with van der Waals surface area (Å²) >= 11 is 0.954. The van der Waals surface area contributed by atoms with Crippen molar-refractivity contribution in [3.63, 3.8) is 0 Å². The van der Waals surface area contributed by atoms with Gasteiger partial charge in [-0.05, 0) is 48.0 Å². The van der Waals surface area contributed by atoms with Crippen LogP contribution < -0.4 is 15.5 Å². The number of carbonyl (C=O) groups is 2. The number of hydrogen-bond acceptors (Lipinski definition) is 8. The van der Waals surface area contributed by atoms with Gasteiger partial charge >= 0.3 is 0 Å². The third-order valence-electron chi connectivity index (χ3n) is 5.35. The lowest BCUT2D eigenvalue weighted by molar-refractivity contribution is -0.137. The number of para-hydroxylation sites is 1. The minimum Gasteiger partial charge on any atom is -0.497 e. The molecule has 1 aromatic heterocycles. The summed E-state index contributed by atoms with van der Waals surface area (Å²) in [6.45, 7) is -0.284. The molecular formula is C22H21N3O7S2. The molecule has 1 aliphatic rings. The number of aliphatic hydroxyl groups excluding tert-OH is 1. The molecule has 2 atom stereocenters. The van der Waals surface area contributed by atoms with Gasteiger partial charge in [-0.25, -0.2) is 13.9 Å². The summed E-state index contributed by atoms with van der Waals surface area (Å²) in [7, 11) is -2.84. The van der Waals surface area contributed by atoms with Crippen molar-refractivity contribution in [2.45, 2.75) is 23.6 Å². The third-order valence-corrected chi connectivity index (χ3v) is 8.43. The SMILES string of the molecule is COc1ccc(S(=O)(=O)N2Cc3cc(C(=O)Nc4ccccc4)sc3C(O)C2C(=O)NO)cc1. The van der Waals surface area contributed by atoms with Gasteiger partial charge in [0.25, 0.3) is 11.8 Å². The van der Waals surface area contributed by atoms with E-state index in [2.05, 4.69) is 5.32 Å². The summed E-state index contributed by atoms with van der Waals surface area (Å²) < 4.78 is 32.6. The molecule has 4 rings (SSSR count). The maximum absolute atomic E-state index is 13.4. The van der Waals surface area contributed by atoms with Crippen LogP contribution in [0.1, 0.15) is 26.2 Å². The second-order valence-electron chi connectivity index (χ2n) is 7.41. The molecule has 3 aromatic rings. The molecule has 0 fully saturated rings. The van der Waals surface area contributed by atoms with Gasteiger partial charge in [-0.1, -0.05) is 18.2 Å². The highest BCUT2D eigenvalue weighted by molar-refractivity contribution is 7.89. The van der Waals surface area contributed by atoms with Crippen molar-refractivity contribution in [2.24, 2.45) is 0 Å². The zero-order valence-electron chi connectivity index (χ0n) is 17.8. The third kappa shape index (κ3) is 4.41. The van der Waals surface area contributed by atoms with Crippen LogP contribution in [0.4, 0.5) is 5.69 Å². The molecule has 178 valence electrons. The average Bonchev–Trinajstić information content (AvgIpc) is 3.29. The van der Waals surface area contributed by atoms with Crippen LogP contribution in [0.2, 0.25) is 0 Å². The lowest BCUT2D eigenvalue weighted by Crippen LogP contribution is -2.53. The van der Waals surface area contributed by atoms with Crippen LogP contribution in [-0.4, -0.2) is 48.0 Å². The number of carbonyl (C=O) groups excluding carboxylic acids is 2. The summed E-state index contributed by atoms with van der Waals surface area (Å²) in [6.07, 6.45) is -1.60. The highest BCUT2D eigenvalue weighted by Gasteiger charge is 2.46. The number of rotatable bonds is 6. The number of thiophene rings is 1. The summed E-state index contributed by atoms with van der Waals surface area (Å²) in [5.41, 5.74) is 2.38. The summed E-state index contributed by atoms with van der Waals surface area (Å²) in [4.78, 5) is 25.5. The molecule has 0 saturated carbocycles. The topological polar surface area (TPSA) is 145 Å². The number of hydroxylamine groups is 1. The normalized spacial score (nSPS) is 18.1. The van der Waals surface area contributed by atoms with Crippen molar-refractivity contribution in [2.75, 3.05) is 12.4 Å². The molecule has 2 amide bonds. The maximum atomic E-state index is 13.4. The van der Waals surface area contributed by atoms with Crippen molar-refractivity contribution in [1.29, 1.82) is 0 Å². The van der Waals surface area contributed by atoms with Gasteiger partial charge < -0.3 is 15.2 Å². The summed E-state index contributed by atoms with van der Waals surface area (Å²) in [5, 5.41) is 22.9. The van der Waals surface area contributed by atoms with Gasteiger partial charge in [0.2, 0.25) is 10.0 Å². The maximum Gasteiger partial charge on any atom is 0.265 e. The Morgan fingerprint density at radius 3 is 2.41 bits per heavy atom. The number of nitrogens with one attached hydrogen (secondary N) is 2. The number of benzene rings is 2. The molecule has 2 unspecified atom stereocenters. The number of ether oxygens (including phenoxy) is 1. The Balaban J connectivity index is 1.70. The lowest BCUT2D eigenvalue weighted by atomic mass is 10.0. The predicted octanol–water partition coefficient (Wildman–Crippen LogP) is 2.12. The van der Waals surface area contributed by atoms with Crippen LogP contribution in [-0.2, 0) is 21.4 Å².